The van der Waals surface area contributed by atoms with Crippen molar-refractivity contribution in [1.82, 2.24) is 0 Å². The summed E-state index contributed by atoms with van der Waals surface area (Å²) < 4.78 is 13.7. The summed E-state index contributed by atoms with van der Waals surface area (Å²) >= 11 is 6.57. The van der Waals surface area contributed by atoms with Gasteiger partial charge in [-0.2, -0.15) is 0 Å². The van der Waals surface area contributed by atoms with Crippen LogP contribution in [0.15, 0.2) is 16.6 Å². The van der Waals surface area contributed by atoms with Crippen LogP contribution < -0.4 is 4.90 Å². The number of amides is 1. The highest BCUT2D eigenvalue weighted by molar-refractivity contribution is 9.10. The lowest BCUT2D eigenvalue weighted by atomic mass is 10.1. The topological polar surface area (TPSA) is 37.4 Å². The van der Waals surface area contributed by atoms with E-state index in [0.29, 0.717) is 16.7 Å². The third kappa shape index (κ3) is 2.89. The third-order valence-corrected chi connectivity index (χ3v) is 4.16. The number of anilines is 1. The van der Waals surface area contributed by atoms with Crippen LogP contribution in [-0.2, 0) is 4.79 Å². The van der Waals surface area contributed by atoms with Crippen LogP contribution in [0.1, 0.15) is 29.6 Å². The maximum absolute atomic E-state index is 13.3. The van der Waals surface area contributed by atoms with Gasteiger partial charge in [0.25, 0.3) is 11.7 Å². The van der Waals surface area contributed by atoms with Gasteiger partial charge in [0, 0.05) is 16.3 Å². The SMILES string of the molecule is O=C1C(=O)N(CCCCCBr)c2c(Br)cc(F)cc21. The van der Waals surface area contributed by atoms with Gasteiger partial charge in [-0.15, -0.1) is 0 Å². The first-order valence-electron chi connectivity index (χ1n) is 5.97. The van der Waals surface area contributed by atoms with Crippen molar-refractivity contribution in [3.05, 3.63) is 28.0 Å². The van der Waals surface area contributed by atoms with Crippen molar-refractivity contribution in [1.29, 1.82) is 0 Å². The fourth-order valence-electron chi connectivity index (χ4n) is 2.11. The molecule has 102 valence electrons. The minimum Gasteiger partial charge on any atom is -0.304 e. The second-order valence-corrected chi connectivity index (χ2v) is 5.97. The van der Waals surface area contributed by atoms with Gasteiger partial charge >= 0.3 is 0 Å². The van der Waals surface area contributed by atoms with Crippen molar-refractivity contribution >= 4 is 49.2 Å². The molecule has 0 N–H and O–H groups in total. The van der Waals surface area contributed by atoms with Gasteiger partial charge in [-0.05, 0) is 40.9 Å². The van der Waals surface area contributed by atoms with Crippen molar-refractivity contribution in [3.8, 4) is 0 Å². The summed E-state index contributed by atoms with van der Waals surface area (Å²) in [6, 6.07) is 2.40. The van der Waals surface area contributed by atoms with Crippen LogP contribution in [0.2, 0.25) is 0 Å². The quantitative estimate of drug-likeness (QED) is 0.435. The van der Waals surface area contributed by atoms with E-state index >= 15 is 0 Å². The Morgan fingerprint density at radius 3 is 2.58 bits per heavy atom. The summed E-state index contributed by atoms with van der Waals surface area (Å²) in [6.45, 7) is 0.481. The summed E-state index contributed by atoms with van der Waals surface area (Å²) in [5.74, 6) is -1.72. The standard InChI is InChI=1S/C13H12Br2FNO2/c14-4-2-1-3-5-17-11-9(12(18)13(17)19)6-8(16)7-10(11)15/h6-7H,1-5H2. The summed E-state index contributed by atoms with van der Waals surface area (Å²) in [5.41, 5.74) is 0.646. The van der Waals surface area contributed by atoms with Crippen molar-refractivity contribution < 1.29 is 14.0 Å². The number of nitrogens with zero attached hydrogens (tertiary/aromatic N) is 1. The van der Waals surface area contributed by atoms with Gasteiger partial charge in [-0.3, -0.25) is 9.59 Å². The zero-order valence-corrected chi connectivity index (χ0v) is 13.3. The Labute approximate surface area is 127 Å². The van der Waals surface area contributed by atoms with E-state index in [-0.39, 0.29) is 5.56 Å². The Balaban J connectivity index is 2.23. The lowest BCUT2D eigenvalue weighted by molar-refractivity contribution is -0.114. The Hall–Kier alpha value is -0.750. The molecular formula is C13H12Br2FNO2. The molecule has 19 heavy (non-hydrogen) atoms. The number of ketones is 1. The summed E-state index contributed by atoms with van der Waals surface area (Å²) in [6.07, 6.45) is 2.80. The van der Waals surface area contributed by atoms with Gasteiger partial charge < -0.3 is 4.90 Å². The van der Waals surface area contributed by atoms with E-state index in [1.807, 2.05) is 0 Å². The molecule has 0 aliphatic carbocycles. The number of halogens is 3. The largest absolute Gasteiger partial charge is 0.304 e. The van der Waals surface area contributed by atoms with Gasteiger partial charge in [0.2, 0.25) is 0 Å². The first kappa shape index (κ1) is 14.7. The molecule has 1 aromatic rings. The predicted molar refractivity (Wildman–Crippen MR) is 78.4 cm³/mol. The molecule has 0 atom stereocenters. The van der Waals surface area contributed by atoms with E-state index in [1.165, 1.54) is 11.0 Å². The molecule has 3 nitrogen and oxygen atoms in total. The van der Waals surface area contributed by atoms with Gasteiger partial charge in [-0.1, -0.05) is 22.4 Å². The Kier molecular flexibility index (Phi) is 4.73. The van der Waals surface area contributed by atoms with Crippen LogP contribution in [0, 0.1) is 5.82 Å². The fraction of sp³-hybridized carbons (Fsp3) is 0.385. The highest BCUT2D eigenvalue weighted by Crippen LogP contribution is 2.37. The molecule has 1 aliphatic rings. The molecule has 1 aromatic carbocycles. The second-order valence-electron chi connectivity index (χ2n) is 4.32. The second kappa shape index (κ2) is 6.13. The highest BCUT2D eigenvalue weighted by atomic mass is 79.9. The normalized spacial score (nSPS) is 14.2. The zero-order valence-electron chi connectivity index (χ0n) is 10.1. The molecule has 0 fully saturated rings. The number of benzene rings is 1. The Bertz CT molecular complexity index is 534. The molecule has 2 rings (SSSR count). The lowest BCUT2D eigenvalue weighted by Crippen LogP contribution is -2.30. The third-order valence-electron chi connectivity index (χ3n) is 3.00. The summed E-state index contributed by atoms with van der Waals surface area (Å²) in [5, 5.41) is 0.922. The van der Waals surface area contributed by atoms with Crippen molar-refractivity contribution in [2.45, 2.75) is 19.3 Å². The van der Waals surface area contributed by atoms with E-state index in [9.17, 15) is 14.0 Å². The van der Waals surface area contributed by atoms with Gasteiger partial charge in [-0.25, -0.2) is 4.39 Å². The molecular weight excluding hydrogens is 381 g/mol. The lowest BCUT2D eigenvalue weighted by Gasteiger charge is -2.17. The van der Waals surface area contributed by atoms with Crippen LogP contribution in [0.4, 0.5) is 10.1 Å². The number of unbranched alkanes of at least 4 members (excludes halogenated alkanes) is 2. The summed E-state index contributed by atoms with van der Waals surface area (Å²) in [7, 11) is 0. The van der Waals surface area contributed by atoms with Crippen molar-refractivity contribution in [3.63, 3.8) is 0 Å². The molecule has 0 saturated carbocycles. The molecule has 6 heteroatoms. The maximum atomic E-state index is 13.3. The van der Waals surface area contributed by atoms with Crippen LogP contribution >= 0.6 is 31.9 Å². The van der Waals surface area contributed by atoms with Crippen LogP contribution in [-0.4, -0.2) is 23.6 Å². The average molecular weight is 393 g/mol. The molecule has 0 unspecified atom stereocenters. The molecule has 0 bridgehead atoms. The first-order valence-corrected chi connectivity index (χ1v) is 7.89. The number of Topliss-reactive ketones (excluding diaryl/α,β-unsaturated/α-hetero) is 1. The predicted octanol–water partition coefficient (Wildman–Crippen LogP) is 3.68. The van der Waals surface area contributed by atoms with Crippen molar-refractivity contribution in [2.24, 2.45) is 0 Å². The van der Waals surface area contributed by atoms with E-state index in [0.717, 1.165) is 30.7 Å². The molecule has 0 radical (unpaired) electrons. The minimum atomic E-state index is -0.629. The smallest absolute Gasteiger partial charge is 0.299 e. The molecule has 0 spiro atoms. The molecule has 1 heterocycles. The van der Waals surface area contributed by atoms with E-state index in [4.69, 9.17) is 0 Å². The van der Waals surface area contributed by atoms with Gasteiger partial charge in [0.1, 0.15) is 5.82 Å². The fourth-order valence-corrected chi connectivity index (χ4v) is 3.15. The summed E-state index contributed by atoms with van der Waals surface area (Å²) in [4.78, 5) is 25.2. The number of hydrogen-bond donors (Lipinski definition) is 0. The minimum absolute atomic E-state index is 0.150. The molecule has 1 amide bonds. The average Bonchev–Trinajstić information content (AvgIpc) is 2.60. The number of carbonyl (C=O) groups excluding carboxylic acids is 2. The number of alkyl halides is 1. The number of fused-ring (bicyclic) bond motifs is 1. The maximum Gasteiger partial charge on any atom is 0.299 e. The first-order chi connectivity index (χ1) is 9.06. The number of hydrogen-bond acceptors (Lipinski definition) is 2. The van der Waals surface area contributed by atoms with Crippen LogP contribution in [0.3, 0.4) is 0 Å². The van der Waals surface area contributed by atoms with Crippen LogP contribution in [0.25, 0.3) is 0 Å². The monoisotopic (exact) mass is 391 g/mol. The van der Waals surface area contributed by atoms with Gasteiger partial charge in [0.05, 0.1) is 11.3 Å². The van der Waals surface area contributed by atoms with Crippen molar-refractivity contribution in [2.75, 3.05) is 16.8 Å². The highest BCUT2D eigenvalue weighted by Gasteiger charge is 2.37. The van der Waals surface area contributed by atoms with E-state index < -0.39 is 17.5 Å². The Morgan fingerprint density at radius 2 is 1.89 bits per heavy atom. The van der Waals surface area contributed by atoms with Crippen LogP contribution in [0.5, 0.6) is 0 Å². The Morgan fingerprint density at radius 1 is 1.16 bits per heavy atom. The van der Waals surface area contributed by atoms with E-state index in [1.54, 1.807) is 0 Å². The number of rotatable bonds is 5. The number of carbonyl (C=O) groups is 2. The molecule has 1 aliphatic heterocycles. The van der Waals surface area contributed by atoms with E-state index in [2.05, 4.69) is 31.9 Å². The molecule has 0 aromatic heterocycles. The molecule has 0 saturated heterocycles. The van der Waals surface area contributed by atoms with Gasteiger partial charge in [0.15, 0.2) is 0 Å². The zero-order chi connectivity index (χ0) is 14.0.